The monoisotopic (exact) mass is 744 g/mol. The van der Waals surface area contributed by atoms with E-state index in [1.54, 1.807) is 5.43 Å². The number of esters is 2. The van der Waals surface area contributed by atoms with Crippen molar-refractivity contribution in [3.05, 3.63) is 0 Å². The number of amides is 3. The molecule has 1 saturated heterocycles. The molecule has 1 heterocycles. The fraction of sp³-hybridized carbons (Fsp3) is 0.839. The minimum Gasteiger partial charge on any atom is -0.380 e. The van der Waals surface area contributed by atoms with Crippen molar-refractivity contribution in [3.63, 3.8) is 0 Å². The number of nitrogens with zero attached hydrogens (tertiary/aromatic N) is 3. The fourth-order valence-corrected chi connectivity index (χ4v) is 4.27. The minimum atomic E-state index is -1.00. The molecule has 48 heavy (non-hydrogen) atoms. The van der Waals surface area contributed by atoms with Crippen LogP contribution in [-0.4, -0.2) is 163 Å². The summed E-state index contributed by atoms with van der Waals surface area (Å²) in [5, 5.41) is 5.97. The number of quaternary nitrogens is 1. The van der Waals surface area contributed by atoms with Crippen molar-refractivity contribution in [3.8, 4) is 0 Å². The number of carbonyl (C=O) groups is 5. The number of hydrogen-bond donors (Lipinski definition) is 5. The van der Waals surface area contributed by atoms with Gasteiger partial charge in [-0.25, -0.2) is 15.1 Å². The van der Waals surface area contributed by atoms with E-state index in [0.29, 0.717) is 71.7 Å². The normalized spacial score (nSPS) is 18.2. The van der Waals surface area contributed by atoms with Gasteiger partial charge in [0.05, 0.1) is 39.9 Å². The van der Waals surface area contributed by atoms with Gasteiger partial charge in [0.2, 0.25) is 18.2 Å². The zero-order valence-corrected chi connectivity index (χ0v) is 33.2. The van der Waals surface area contributed by atoms with Crippen LogP contribution in [0.5, 0.6) is 0 Å². The van der Waals surface area contributed by atoms with E-state index in [9.17, 15) is 19.2 Å². The Kier molecular flexibility index (Phi) is 23.9. The molecule has 0 spiro atoms. The summed E-state index contributed by atoms with van der Waals surface area (Å²) in [6.45, 7) is 18.5. The molecule has 3 atom stereocenters. The summed E-state index contributed by atoms with van der Waals surface area (Å²) in [5.74, 6) is 3.43. The van der Waals surface area contributed by atoms with Crippen LogP contribution in [0.3, 0.4) is 0 Å². The smallest absolute Gasteiger partial charge is 0.380 e. The zero-order valence-electron chi connectivity index (χ0n) is 30.8. The maximum atomic E-state index is 12.8. The van der Waals surface area contributed by atoms with Gasteiger partial charge in [0.15, 0.2) is 6.54 Å². The molecule has 1 aliphatic rings. The van der Waals surface area contributed by atoms with Crippen molar-refractivity contribution >= 4 is 50.0 Å². The number of hydrogen-bond acceptors (Lipinski definition) is 12. The van der Waals surface area contributed by atoms with Gasteiger partial charge in [-0.1, -0.05) is 41.5 Å². The first-order valence-corrected chi connectivity index (χ1v) is 16.2. The predicted molar refractivity (Wildman–Crippen MR) is 184 cm³/mol. The van der Waals surface area contributed by atoms with E-state index in [-0.39, 0.29) is 72.6 Å². The Morgan fingerprint density at radius 3 is 2.08 bits per heavy atom. The third kappa shape index (κ3) is 21.7. The van der Waals surface area contributed by atoms with Crippen molar-refractivity contribution in [2.75, 3.05) is 86.2 Å². The molecule has 0 aromatic rings. The molecule has 3 amide bonds. The van der Waals surface area contributed by atoms with Gasteiger partial charge in [0.1, 0.15) is 0 Å². The van der Waals surface area contributed by atoms with Crippen molar-refractivity contribution < 1.29 is 42.7 Å². The van der Waals surface area contributed by atoms with Crippen molar-refractivity contribution in [1.29, 1.82) is 0 Å². The number of likely N-dealkylation sites (N-methyl/N-ethyl adjacent to an activating group) is 3. The third-order valence-electron chi connectivity index (χ3n) is 7.55. The number of hydrazine groups is 1. The third-order valence-corrected chi connectivity index (χ3v) is 7.55. The van der Waals surface area contributed by atoms with Gasteiger partial charge in [-0.3, -0.25) is 34.4 Å². The first-order chi connectivity index (χ1) is 21.8. The van der Waals surface area contributed by atoms with E-state index < -0.39 is 18.4 Å². The Morgan fingerprint density at radius 2 is 1.60 bits per heavy atom. The van der Waals surface area contributed by atoms with Crippen LogP contribution in [0.4, 0.5) is 0 Å². The summed E-state index contributed by atoms with van der Waals surface area (Å²) in [6.07, 6.45) is 0.471. The van der Waals surface area contributed by atoms with Gasteiger partial charge < -0.3 is 30.6 Å². The van der Waals surface area contributed by atoms with Crippen LogP contribution >= 0.6 is 0 Å². The summed E-state index contributed by atoms with van der Waals surface area (Å²) in [7, 11) is 3.63. The molecular formula is C31H63GaN8O8+. The Labute approximate surface area is 300 Å². The number of ether oxygens (including phenoxy) is 3. The molecule has 7 N–H and O–H groups in total. The fourth-order valence-electron chi connectivity index (χ4n) is 4.27. The number of rotatable bonds is 22. The molecule has 2 unspecified atom stereocenters. The van der Waals surface area contributed by atoms with Crippen LogP contribution in [0.2, 0.25) is 0 Å². The Morgan fingerprint density at radius 1 is 1.06 bits per heavy atom. The molecule has 16 nitrogen and oxygen atoms in total. The molecule has 0 aliphatic carbocycles. The van der Waals surface area contributed by atoms with Gasteiger partial charge in [-0.05, 0) is 33.5 Å². The molecule has 277 valence electrons. The van der Waals surface area contributed by atoms with Crippen molar-refractivity contribution in [2.45, 2.75) is 73.8 Å². The van der Waals surface area contributed by atoms with Gasteiger partial charge >= 0.3 is 18.4 Å². The average Bonchev–Trinajstić information content (AvgIpc) is 3.27. The van der Waals surface area contributed by atoms with Crippen LogP contribution in [0, 0.1) is 10.8 Å². The summed E-state index contributed by atoms with van der Waals surface area (Å²) in [5.41, 5.74) is 6.94. The van der Waals surface area contributed by atoms with Crippen molar-refractivity contribution in [1.82, 2.24) is 25.9 Å². The second-order valence-electron chi connectivity index (χ2n) is 14.0. The topological polar surface area (TPSA) is 208 Å². The van der Waals surface area contributed by atoms with Crippen LogP contribution in [0.1, 0.15) is 61.3 Å². The average molecular weight is 746 g/mol. The van der Waals surface area contributed by atoms with Crippen LogP contribution in [0.25, 0.3) is 0 Å². The Bertz CT molecular complexity index is 988. The molecule has 0 saturated carbocycles. The number of carbonyl (C=O) groups excluding carboxylic acids is 5. The molecule has 0 bridgehead atoms. The number of nitrogens with two attached hydrogens (primary N) is 2. The second-order valence-corrected chi connectivity index (χ2v) is 14.0. The minimum absolute atomic E-state index is 0. The maximum Gasteiger partial charge on any atom is 0.399 e. The maximum absolute atomic E-state index is 12.8. The van der Waals surface area contributed by atoms with Gasteiger partial charge in [0, 0.05) is 62.7 Å². The first-order valence-electron chi connectivity index (χ1n) is 16.2. The molecule has 1 fully saturated rings. The number of cyclic esters (lactones) is 1. The van der Waals surface area contributed by atoms with E-state index in [2.05, 4.69) is 16.5 Å². The van der Waals surface area contributed by atoms with Crippen LogP contribution in [-0.2, 0) is 38.2 Å². The summed E-state index contributed by atoms with van der Waals surface area (Å²) < 4.78 is 16.9. The standard InChI is InChI=1S/C30H58N6O7.CH4N2O.Ga/c1-10-34(8)17-26(39)42-28-36(9,18-27(40)43-28)15-14-35(11-2)16-25(38)33-20-30(6,7)22-41-21-29(4,5)19-32-24(37)13-12-23(3)31;2-3-1-4;/h23,28H,10-22,31H2,1-9H3,(H-,32,33,37,38);1H,2H2,(H,3,4);/p+1/t23?,28-,36?;;/m0../s1. The quantitative estimate of drug-likeness (QED) is 0.0168. The number of nitrogens with one attached hydrogen (secondary N) is 3. The molecule has 0 aromatic heterocycles. The van der Waals surface area contributed by atoms with E-state index in [1.165, 1.54) is 0 Å². The molecule has 1 aliphatic heterocycles. The van der Waals surface area contributed by atoms with Crippen LogP contribution in [0.15, 0.2) is 0 Å². The molecule has 17 heteroatoms. The summed E-state index contributed by atoms with van der Waals surface area (Å²) >= 11 is 0. The predicted octanol–water partition coefficient (Wildman–Crippen LogP) is -1.26. The van der Waals surface area contributed by atoms with E-state index >= 15 is 0 Å². The van der Waals surface area contributed by atoms with Gasteiger partial charge in [0.25, 0.3) is 0 Å². The van der Waals surface area contributed by atoms with Gasteiger partial charge in [-0.15, -0.1) is 0 Å². The Hall–Kier alpha value is -2.25. The Balaban J connectivity index is 0. The molecule has 1 rings (SSSR count). The van der Waals surface area contributed by atoms with E-state index in [0.717, 1.165) is 0 Å². The van der Waals surface area contributed by atoms with Crippen molar-refractivity contribution in [2.24, 2.45) is 22.4 Å². The summed E-state index contributed by atoms with van der Waals surface area (Å²) in [6, 6.07) is 0.000251. The second kappa shape index (κ2) is 24.0. The van der Waals surface area contributed by atoms with E-state index in [1.807, 2.05) is 72.4 Å². The van der Waals surface area contributed by atoms with Crippen LogP contribution < -0.4 is 27.6 Å². The SMILES string of the molecule is CCN(C)CC(=O)O[C@H]1OC(=O)C[N+]1(C)CCN(CC)CC(=O)NCC(C)(C)COCC(C)(C)CNC(=O)CCC(C)N.NNC=O.[Ga]. The summed E-state index contributed by atoms with van der Waals surface area (Å²) in [4.78, 5) is 61.9. The largest absolute Gasteiger partial charge is 0.399 e. The zero-order chi connectivity index (χ0) is 36.3. The first kappa shape index (κ1) is 47.9. The molecule has 3 radical (unpaired) electrons. The molecule has 0 aromatic carbocycles. The van der Waals surface area contributed by atoms with E-state index in [4.69, 9.17) is 24.7 Å². The molecular weight excluding hydrogens is 682 g/mol. The van der Waals surface area contributed by atoms with Gasteiger partial charge in [-0.2, -0.15) is 0 Å².